The predicted molar refractivity (Wildman–Crippen MR) is 154 cm³/mol. The normalized spacial score (nSPS) is 23.0. The lowest BCUT2D eigenvalue weighted by molar-refractivity contribution is -0.149. The molecule has 0 aromatic carbocycles. The van der Waals surface area contributed by atoms with Gasteiger partial charge in [-0.1, -0.05) is 55.7 Å². The Morgan fingerprint density at radius 3 is 2.59 bits per heavy atom. The number of thioether (sulfide) groups is 1. The lowest BCUT2D eigenvalue weighted by atomic mass is 10.00. The lowest BCUT2D eigenvalue weighted by Crippen LogP contribution is -2.39. The number of nitrogens with two attached hydrogens (primary N) is 1. The number of esters is 1. The average Bonchev–Trinajstić information content (AvgIpc) is 3.38. The summed E-state index contributed by atoms with van der Waals surface area (Å²) < 4.78 is 35.4. The number of nitrogens with one attached hydrogen (secondary N) is 1. The van der Waals surface area contributed by atoms with Gasteiger partial charge in [-0.3, -0.25) is 23.2 Å². The highest BCUT2D eigenvalue weighted by Gasteiger charge is 2.56. The third kappa shape index (κ3) is 8.30. The number of rotatable bonds is 12. The van der Waals surface area contributed by atoms with Crippen LogP contribution in [-0.4, -0.2) is 83.4 Å². The second kappa shape index (κ2) is 13.4. The number of aromatic nitrogens is 4. The number of nitrogen functional groups attached to an aromatic ring is 1. The molecule has 1 fully saturated rings. The molecule has 1 saturated heterocycles. The lowest BCUT2D eigenvalue weighted by Gasteiger charge is -2.25. The average molecular weight is 658 g/mol. The van der Waals surface area contributed by atoms with E-state index in [4.69, 9.17) is 47.5 Å². The number of imidazole rings is 1. The van der Waals surface area contributed by atoms with Gasteiger partial charge in [-0.25, -0.2) is 24.6 Å². The van der Waals surface area contributed by atoms with Crippen molar-refractivity contribution in [3.63, 3.8) is 0 Å². The second-order valence-corrected chi connectivity index (χ2v) is 14.9. The number of aliphatic hydroxyl groups excluding tert-OH is 1. The molecule has 2 aromatic rings. The Morgan fingerprint density at radius 1 is 1.27 bits per heavy atom. The highest BCUT2D eigenvalue weighted by atomic mass is 35.5. The number of anilines is 1. The number of carbonyl (C=O) groups excluding carboxylic acids is 2. The Kier molecular flexibility index (Phi) is 11.1. The maximum Gasteiger partial charge on any atom is 0.406 e. The zero-order chi connectivity index (χ0) is 30.8. The maximum atomic E-state index is 13.7. The fraction of sp³-hybridized carbons (Fsp3) is 0.696. The van der Waals surface area contributed by atoms with Crippen LogP contribution >= 0.6 is 42.7 Å². The van der Waals surface area contributed by atoms with Gasteiger partial charge in [0.2, 0.25) is 0 Å². The minimum Gasteiger partial charge on any atom is -0.462 e. The van der Waals surface area contributed by atoms with Gasteiger partial charge >= 0.3 is 13.7 Å². The van der Waals surface area contributed by atoms with E-state index in [2.05, 4.69) is 20.0 Å². The number of hydrogen-bond donors (Lipinski definition) is 3. The van der Waals surface area contributed by atoms with E-state index >= 15 is 0 Å². The van der Waals surface area contributed by atoms with E-state index < -0.39 is 60.7 Å². The first-order valence-corrected chi connectivity index (χ1v) is 15.9. The first-order chi connectivity index (χ1) is 19.0. The molecular weight excluding hydrogens is 622 g/mol. The largest absolute Gasteiger partial charge is 0.462 e. The van der Waals surface area contributed by atoms with Gasteiger partial charge < -0.3 is 20.3 Å². The van der Waals surface area contributed by atoms with Crippen LogP contribution in [0.4, 0.5) is 5.82 Å². The van der Waals surface area contributed by atoms with E-state index in [-0.39, 0.29) is 34.5 Å². The minimum atomic E-state index is -4.23. The van der Waals surface area contributed by atoms with E-state index in [1.54, 1.807) is 34.6 Å². The number of alkyl halides is 2. The molecule has 3 heterocycles. The monoisotopic (exact) mass is 656 g/mol. The van der Waals surface area contributed by atoms with Gasteiger partial charge in [-0.05, 0) is 20.8 Å². The van der Waals surface area contributed by atoms with Crippen LogP contribution in [0.3, 0.4) is 0 Å². The Bertz CT molecular complexity index is 1290. The molecule has 1 aliphatic heterocycles. The molecule has 0 bridgehead atoms. The molecule has 4 N–H and O–H groups in total. The van der Waals surface area contributed by atoms with Crippen LogP contribution in [0.15, 0.2) is 12.7 Å². The van der Waals surface area contributed by atoms with Crippen LogP contribution in [-0.2, 0) is 32.7 Å². The zero-order valence-electron chi connectivity index (χ0n) is 23.4. The van der Waals surface area contributed by atoms with Crippen LogP contribution in [0, 0.1) is 5.41 Å². The fourth-order valence-electron chi connectivity index (χ4n) is 3.56. The quantitative estimate of drug-likeness (QED) is 0.131. The molecule has 0 saturated carbocycles. The summed E-state index contributed by atoms with van der Waals surface area (Å²) in [6.07, 6.45) is -1.76. The Morgan fingerprint density at radius 2 is 1.95 bits per heavy atom. The van der Waals surface area contributed by atoms with Gasteiger partial charge in [-0.15, -0.1) is 0 Å². The summed E-state index contributed by atoms with van der Waals surface area (Å²) in [6, 6.07) is -1.09. The third-order valence-corrected chi connectivity index (χ3v) is 9.46. The van der Waals surface area contributed by atoms with Gasteiger partial charge in [0.1, 0.15) is 30.1 Å². The highest BCUT2D eigenvalue weighted by molar-refractivity contribution is 8.13. The standard InChI is InChI=1S/C23H35Cl2N6O8PS/c1-12(2)38-19(33)13(3)30-40(35,36-7-8-41-21(34)22(4,5)6)37-9-14-16(32)23(24,25)20(39-14)31-11-29-15-17(26)27-10-28-18(15)31/h10-14,16,20,32H,7-9H2,1-6H3,(H,30,35)(H2,26,27,28)/t13-,14-,16-,20-,40-/m1/s1. The second-order valence-electron chi connectivity index (χ2n) is 10.6. The molecular formula is C23H35Cl2N6O8PS. The molecule has 230 valence electrons. The number of hydrogen-bond acceptors (Lipinski definition) is 13. The molecule has 41 heavy (non-hydrogen) atoms. The van der Waals surface area contributed by atoms with Gasteiger partial charge in [0.15, 0.2) is 27.1 Å². The molecule has 0 aliphatic carbocycles. The van der Waals surface area contributed by atoms with Gasteiger partial charge in [-0.2, -0.15) is 0 Å². The first-order valence-electron chi connectivity index (χ1n) is 12.6. The number of ether oxygens (including phenoxy) is 2. The van der Waals surface area contributed by atoms with Crippen molar-refractivity contribution in [3.05, 3.63) is 12.7 Å². The molecule has 2 aromatic heterocycles. The molecule has 0 radical (unpaired) electrons. The molecule has 0 amide bonds. The van der Waals surface area contributed by atoms with E-state index in [0.29, 0.717) is 0 Å². The van der Waals surface area contributed by atoms with Crippen molar-refractivity contribution in [1.82, 2.24) is 24.6 Å². The van der Waals surface area contributed by atoms with Crippen molar-refractivity contribution in [2.45, 2.75) is 76.5 Å². The van der Waals surface area contributed by atoms with Crippen LogP contribution in [0.5, 0.6) is 0 Å². The Balaban J connectivity index is 1.74. The summed E-state index contributed by atoms with van der Waals surface area (Å²) >= 11 is 14.0. The van der Waals surface area contributed by atoms with Crippen molar-refractivity contribution >= 4 is 70.8 Å². The van der Waals surface area contributed by atoms with Crippen molar-refractivity contribution in [1.29, 1.82) is 0 Å². The number of aliphatic hydroxyl groups is 1. The minimum absolute atomic E-state index is 0.0770. The fourth-order valence-corrected chi connectivity index (χ4v) is 6.54. The van der Waals surface area contributed by atoms with Gasteiger partial charge in [0, 0.05) is 11.2 Å². The van der Waals surface area contributed by atoms with Crippen molar-refractivity contribution in [3.8, 4) is 0 Å². The number of halogens is 2. The molecule has 3 rings (SSSR count). The van der Waals surface area contributed by atoms with Crippen LogP contribution in [0.25, 0.3) is 11.2 Å². The first kappa shape index (κ1) is 33.9. The van der Waals surface area contributed by atoms with Crippen LogP contribution < -0.4 is 10.8 Å². The number of carbonyl (C=O) groups is 2. The summed E-state index contributed by atoms with van der Waals surface area (Å²) in [5, 5.41) is 13.4. The molecule has 0 spiro atoms. The molecule has 14 nitrogen and oxygen atoms in total. The van der Waals surface area contributed by atoms with E-state index in [1.165, 1.54) is 24.1 Å². The summed E-state index contributed by atoms with van der Waals surface area (Å²) in [5.41, 5.74) is 5.82. The predicted octanol–water partition coefficient (Wildman–Crippen LogP) is 3.22. The molecule has 18 heteroatoms. The van der Waals surface area contributed by atoms with Crippen molar-refractivity contribution in [2.75, 3.05) is 24.7 Å². The van der Waals surface area contributed by atoms with E-state index in [9.17, 15) is 19.3 Å². The van der Waals surface area contributed by atoms with Gasteiger partial charge in [0.05, 0.1) is 25.6 Å². The Hall–Kier alpha value is -1.55. The summed E-state index contributed by atoms with van der Waals surface area (Å²) in [5.74, 6) is -0.388. The number of fused-ring (bicyclic) bond motifs is 1. The number of nitrogens with zero attached hydrogens (tertiary/aromatic N) is 4. The summed E-state index contributed by atoms with van der Waals surface area (Å²) in [6.45, 7) is 9.45. The third-order valence-electron chi connectivity index (χ3n) is 5.68. The summed E-state index contributed by atoms with van der Waals surface area (Å²) in [4.78, 5) is 36.8. The van der Waals surface area contributed by atoms with E-state index in [1.807, 2.05) is 0 Å². The summed E-state index contributed by atoms with van der Waals surface area (Å²) in [7, 11) is -4.23. The maximum absolute atomic E-state index is 13.7. The SMILES string of the molecule is CC(C)OC(=O)[C@@H](C)N[P@@](=O)(OCCSC(=O)C(C)(C)C)OC[C@H]1O[C@@H](n2cnc3c(N)ncnc32)C(Cl)(Cl)[C@@H]1O. The molecule has 1 aliphatic rings. The van der Waals surface area contributed by atoms with Gasteiger partial charge in [0.25, 0.3) is 0 Å². The Labute approximate surface area is 251 Å². The van der Waals surface area contributed by atoms with E-state index in [0.717, 1.165) is 11.8 Å². The highest BCUT2D eigenvalue weighted by Crippen LogP contribution is 2.50. The van der Waals surface area contributed by atoms with Crippen LogP contribution in [0.1, 0.15) is 47.8 Å². The van der Waals surface area contributed by atoms with Crippen molar-refractivity contribution in [2.24, 2.45) is 5.41 Å². The van der Waals surface area contributed by atoms with Crippen LogP contribution in [0.2, 0.25) is 0 Å². The zero-order valence-corrected chi connectivity index (χ0v) is 26.7. The molecule has 0 unspecified atom stereocenters. The topological polar surface area (TPSA) is 190 Å². The smallest absolute Gasteiger partial charge is 0.406 e. The van der Waals surface area contributed by atoms with Crippen molar-refractivity contribution < 1.29 is 37.8 Å². The molecule has 5 atom stereocenters.